The molecule has 0 radical (unpaired) electrons. The number of aromatic amines is 1. The SMILES string of the molecule is NC(c1nc(Cc2nc3ccccc3[nH]2)no1)C1CC1. The first-order valence-corrected chi connectivity index (χ1v) is 6.81. The molecule has 0 spiro atoms. The summed E-state index contributed by atoms with van der Waals surface area (Å²) in [4.78, 5) is 12.1. The predicted molar refractivity (Wildman–Crippen MR) is 72.9 cm³/mol. The first-order valence-electron chi connectivity index (χ1n) is 6.81. The number of hydrogen-bond donors (Lipinski definition) is 2. The second kappa shape index (κ2) is 4.42. The van der Waals surface area contributed by atoms with Crippen LogP contribution in [0.3, 0.4) is 0 Å². The molecule has 1 atom stereocenters. The van der Waals surface area contributed by atoms with E-state index < -0.39 is 0 Å². The summed E-state index contributed by atoms with van der Waals surface area (Å²) in [5.41, 5.74) is 8.01. The third kappa shape index (κ3) is 2.08. The summed E-state index contributed by atoms with van der Waals surface area (Å²) < 4.78 is 5.25. The minimum atomic E-state index is -0.119. The van der Waals surface area contributed by atoms with Crippen LogP contribution in [0.5, 0.6) is 0 Å². The Morgan fingerprint density at radius 2 is 2.15 bits per heavy atom. The molecule has 0 saturated heterocycles. The molecule has 102 valence electrons. The zero-order valence-corrected chi connectivity index (χ0v) is 10.9. The maximum Gasteiger partial charge on any atom is 0.243 e. The maximum atomic E-state index is 6.05. The number of nitrogens with zero attached hydrogens (tertiary/aromatic N) is 3. The average Bonchev–Trinajstić information content (AvgIpc) is 3.07. The molecule has 1 aromatic carbocycles. The minimum Gasteiger partial charge on any atom is -0.342 e. The lowest BCUT2D eigenvalue weighted by Crippen LogP contribution is -2.12. The summed E-state index contributed by atoms with van der Waals surface area (Å²) in [7, 11) is 0. The van der Waals surface area contributed by atoms with Gasteiger partial charge in [-0.3, -0.25) is 0 Å². The van der Waals surface area contributed by atoms with Crippen LogP contribution < -0.4 is 5.73 Å². The number of benzene rings is 1. The Balaban J connectivity index is 1.56. The van der Waals surface area contributed by atoms with Crippen molar-refractivity contribution in [2.45, 2.75) is 25.3 Å². The molecule has 20 heavy (non-hydrogen) atoms. The highest BCUT2D eigenvalue weighted by Gasteiger charge is 2.33. The molecule has 1 unspecified atom stereocenters. The Morgan fingerprint density at radius 3 is 2.95 bits per heavy atom. The zero-order chi connectivity index (χ0) is 13.5. The lowest BCUT2D eigenvalue weighted by Gasteiger charge is -2.01. The second-order valence-corrected chi connectivity index (χ2v) is 5.29. The van der Waals surface area contributed by atoms with Gasteiger partial charge < -0.3 is 15.2 Å². The van der Waals surface area contributed by atoms with Gasteiger partial charge in [0, 0.05) is 0 Å². The second-order valence-electron chi connectivity index (χ2n) is 5.29. The van der Waals surface area contributed by atoms with Gasteiger partial charge in [-0.15, -0.1) is 0 Å². The Kier molecular flexibility index (Phi) is 2.56. The van der Waals surface area contributed by atoms with Crippen LogP contribution in [0.4, 0.5) is 0 Å². The van der Waals surface area contributed by atoms with Gasteiger partial charge in [0.15, 0.2) is 5.82 Å². The number of H-pyrrole nitrogens is 1. The largest absolute Gasteiger partial charge is 0.342 e. The molecule has 3 N–H and O–H groups in total. The van der Waals surface area contributed by atoms with Crippen LogP contribution in [0.2, 0.25) is 0 Å². The topological polar surface area (TPSA) is 93.6 Å². The Bertz CT molecular complexity index is 710. The lowest BCUT2D eigenvalue weighted by molar-refractivity contribution is 0.340. The molecule has 1 fully saturated rings. The molecule has 0 bridgehead atoms. The van der Waals surface area contributed by atoms with Gasteiger partial charge in [-0.25, -0.2) is 4.98 Å². The third-order valence-corrected chi connectivity index (χ3v) is 3.66. The molecule has 6 heteroatoms. The molecule has 1 aliphatic carbocycles. The molecule has 3 aromatic rings. The minimum absolute atomic E-state index is 0.119. The van der Waals surface area contributed by atoms with Gasteiger partial charge in [0.2, 0.25) is 5.89 Å². The lowest BCUT2D eigenvalue weighted by atomic mass is 10.2. The molecular weight excluding hydrogens is 254 g/mol. The number of nitrogens with one attached hydrogen (secondary N) is 1. The maximum absolute atomic E-state index is 6.05. The number of aromatic nitrogens is 4. The fourth-order valence-corrected chi connectivity index (χ4v) is 2.37. The number of para-hydroxylation sites is 2. The Morgan fingerprint density at radius 1 is 1.30 bits per heavy atom. The fraction of sp³-hybridized carbons (Fsp3) is 0.357. The van der Waals surface area contributed by atoms with Gasteiger partial charge >= 0.3 is 0 Å². The van der Waals surface area contributed by atoms with Crippen LogP contribution in [-0.4, -0.2) is 20.1 Å². The predicted octanol–water partition coefficient (Wildman–Crippen LogP) is 1.95. The van der Waals surface area contributed by atoms with E-state index in [2.05, 4.69) is 20.1 Å². The van der Waals surface area contributed by atoms with Crippen LogP contribution >= 0.6 is 0 Å². The number of imidazole rings is 1. The van der Waals surface area contributed by atoms with Crippen LogP contribution in [0, 0.1) is 5.92 Å². The van der Waals surface area contributed by atoms with E-state index in [1.807, 2.05) is 24.3 Å². The van der Waals surface area contributed by atoms with Crippen molar-refractivity contribution in [1.82, 2.24) is 20.1 Å². The standard InChI is InChI=1S/C14H15N5O/c15-13(8-5-6-8)14-18-12(19-20-14)7-11-16-9-3-1-2-4-10(9)17-11/h1-4,8,13H,5-7,15H2,(H,16,17). The quantitative estimate of drug-likeness (QED) is 0.755. The summed E-state index contributed by atoms with van der Waals surface area (Å²) in [5.74, 6) is 2.50. The van der Waals surface area contributed by atoms with Crippen LogP contribution in [-0.2, 0) is 6.42 Å². The Hall–Kier alpha value is -2.21. The van der Waals surface area contributed by atoms with Crippen molar-refractivity contribution in [3.05, 3.63) is 41.8 Å². The highest BCUT2D eigenvalue weighted by molar-refractivity contribution is 5.74. The first-order chi connectivity index (χ1) is 9.79. The van der Waals surface area contributed by atoms with Gasteiger partial charge in [-0.2, -0.15) is 4.98 Å². The number of fused-ring (bicyclic) bond motifs is 1. The molecule has 0 aliphatic heterocycles. The normalized spacial score (nSPS) is 16.6. The molecule has 1 aliphatic rings. The van der Waals surface area contributed by atoms with E-state index in [-0.39, 0.29) is 6.04 Å². The smallest absolute Gasteiger partial charge is 0.243 e. The van der Waals surface area contributed by atoms with E-state index in [1.54, 1.807) is 0 Å². The summed E-state index contributed by atoms with van der Waals surface area (Å²) in [5, 5.41) is 3.99. The summed E-state index contributed by atoms with van der Waals surface area (Å²) >= 11 is 0. The molecule has 0 amide bonds. The van der Waals surface area contributed by atoms with E-state index in [9.17, 15) is 0 Å². The molecule has 6 nitrogen and oxygen atoms in total. The van der Waals surface area contributed by atoms with Gasteiger partial charge in [0.05, 0.1) is 23.5 Å². The first kappa shape index (κ1) is 11.6. The summed E-state index contributed by atoms with van der Waals surface area (Å²) in [6.07, 6.45) is 2.83. The average molecular weight is 269 g/mol. The number of nitrogens with two attached hydrogens (primary N) is 1. The molecular formula is C14H15N5O. The van der Waals surface area contributed by atoms with Crippen LogP contribution in [0.1, 0.15) is 36.4 Å². The van der Waals surface area contributed by atoms with Gasteiger partial charge in [0.25, 0.3) is 0 Å². The van der Waals surface area contributed by atoms with E-state index in [0.717, 1.165) is 29.7 Å². The number of hydrogen-bond acceptors (Lipinski definition) is 5. The molecule has 4 rings (SSSR count). The van der Waals surface area contributed by atoms with Gasteiger partial charge in [-0.1, -0.05) is 17.3 Å². The fourth-order valence-electron chi connectivity index (χ4n) is 2.37. The molecule has 2 heterocycles. The van der Waals surface area contributed by atoms with E-state index in [4.69, 9.17) is 10.3 Å². The molecule has 2 aromatic heterocycles. The van der Waals surface area contributed by atoms with Crippen LogP contribution in [0.15, 0.2) is 28.8 Å². The summed E-state index contributed by atoms with van der Waals surface area (Å²) in [6, 6.07) is 7.79. The van der Waals surface area contributed by atoms with Gasteiger partial charge in [0.1, 0.15) is 5.82 Å². The van der Waals surface area contributed by atoms with Crippen molar-refractivity contribution in [2.75, 3.05) is 0 Å². The van der Waals surface area contributed by atoms with Crippen molar-refractivity contribution in [3.63, 3.8) is 0 Å². The van der Waals surface area contributed by atoms with Crippen LogP contribution in [0.25, 0.3) is 11.0 Å². The van der Waals surface area contributed by atoms with Crippen molar-refractivity contribution < 1.29 is 4.52 Å². The zero-order valence-electron chi connectivity index (χ0n) is 10.9. The van der Waals surface area contributed by atoms with Crippen molar-refractivity contribution in [2.24, 2.45) is 11.7 Å². The highest BCUT2D eigenvalue weighted by atomic mass is 16.5. The summed E-state index contributed by atoms with van der Waals surface area (Å²) in [6.45, 7) is 0. The van der Waals surface area contributed by atoms with E-state index in [1.165, 1.54) is 0 Å². The third-order valence-electron chi connectivity index (χ3n) is 3.66. The van der Waals surface area contributed by atoms with E-state index >= 15 is 0 Å². The monoisotopic (exact) mass is 269 g/mol. The molecule has 1 saturated carbocycles. The van der Waals surface area contributed by atoms with Gasteiger partial charge in [-0.05, 0) is 30.9 Å². The number of rotatable bonds is 4. The van der Waals surface area contributed by atoms with E-state index in [0.29, 0.717) is 24.1 Å². The van der Waals surface area contributed by atoms with Crippen molar-refractivity contribution in [3.8, 4) is 0 Å². The highest BCUT2D eigenvalue weighted by Crippen LogP contribution is 2.38. The van der Waals surface area contributed by atoms with Crippen molar-refractivity contribution >= 4 is 11.0 Å². The van der Waals surface area contributed by atoms with Crippen molar-refractivity contribution in [1.29, 1.82) is 0 Å². The Labute approximate surface area is 115 Å².